The van der Waals surface area contributed by atoms with Crippen LogP contribution in [0.1, 0.15) is 23.9 Å². The minimum Gasteiger partial charge on any atom is -0.494 e. The third-order valence-corrected chi connectivity index (χ3v) is 6.24. The molecule has 0 radical (unpaired) electrons. The molecule has 6 nitrogen and oxygen atoms in total. The number of hydrogen-bond acceptors (Lipinski definition) is 5. The molecule has 0 aliphatic heterocycles. The molecule has 1 amide bonds. The van der Waals surface area contributed by atoms with Crippen molar-refractivity contribution in [3.8, 4) is 11.4 Å². The summed E-state index contributed by atoms with van der Waals surface area (Å²) >= 11 is 1.40. The number of hydrogen-bond donors (Lipinski definition) is 0. The Labute approximate surface area is 204 Å². The first-order chi connectivity index (χ1) is 16.6. The van der Waals surface area contributed by atoms with Gasteiger partial charge in [0.25, 0.3) is 0 Å². The van der Waals surface area contributed by atoms with Crippen LogP contribution in [-0.2, 0) is 17.8 Å². The average molecular weight is 473 g/mol. The summed E-state index contributed by atoms with van der Waals surface area (Å²) in [5.74, 6) is 1.96. The zero-order valence-electron chi connectivity index (χ0n) is 19.4. The zero-order valence-corrected chi connectivity index (χ0v) is 20.2. The van der Waals surface area contributed by atoms with Crippen molar-refractivity contribution in [2.45, 2.75) is 25.0 Å². The molecule has 0 fully saturated rings. The van der Waals surface area contributed by atoms with Crippen LogP contribution >= 0.6 is 11.8 Å². The fourth-order valence-electron chi connectivity index (χ4n) is 3.59. The molecule has 1 aromatic heterocycles. The van der Waals surface area contributed by atoms with Crippen LogP contribution in [0.4, 0.5) is 0 Å². The second-order valence-electron chi connectivity index (χ2n) is 7.85. The lowest BCUT2D eigenvalue weighted by molar-refractivity contribution is -0.127. The van der Waals surface area contributed by atoms with Gasteiger partial charge in [-0.2, -0.15) is 0 Å². The molecule has 0 atom stereocenters. The lowest BCUT2D eigenvalue weighted by atomic mass is 10.1. The van der Waals surface area contributed by atoms with Crippen molar-refractivity contribution >= 4 is 17.7 Å². The van der Waals surface area contributed by atoms with Gasteiger partial charge in [-0.05, 0) is 42.3 Å². The predicted octanol–water partition coefficient (Wildman–Crippen LogP) is 5.01. The van der Waals surface area contributed by atoms with E-state index in [4.69, 9.17) is 4.74 Å². The van der Waals surface area contributed by atoms with Crippen molar-refractivity contribution in [1.82, 2.24) is 19.7 Å². The van der Waals surface area contributed by atoms with Gasteiger partial charge in [-0.3, -0.25) is 9.36 Å². The normalized spacial score (nSPS) is 10.8. The molecule has 7 heteroatoms. The van der Waals surface area contributed by atoms with Gasteiger partial charge in [-0.25, -0.2) is 0 Å². The molecule has 0 N–H and O–H groups in total. The molecule has 174 valence electrons. The van der Waals surface area contributed by atoms with Gasteiger partial charge in [0, 0.05) is 25.7 Å². The highest BCUT2D eigenvalue weighted by atomic mass is 32.2. The molecule has 0 spiro atoms. The van der Waals surface area contributed by atoms with E-state index in [0.29, 0.717) is 24.7 Å². The van der Waals surface area contributed by atoms with Gasteiger partial charge in [0.1, 0.15) is 11.6 Å². The molecule has 0 unspecified atom stereocenters. The van der Waals surface area contributed by atoms with E-state index < -0.39 is 0 Å². The number of amides is 1. The SMILES string of the molecule is CCOc1ccc(-n2c(Cc3ccccc3)nnc2SCC(=O)N(C)Cc2ccccc2)cc1. The smallest absolute Gasteiger partial charge is 0.233 e. The first-order valence-corrected chi connectivity index (χ1v) is 12.2. The minimum absolute atomic E-state index is 0.0414. The maximum absolute atomic E-state index is 12.8. The fourth-order valence-corrected chi connectivity index (χ4v) is 4.50. The number of carbonyl (C=O) groups is 1. The highest BCUT2D eigenvalue weighted by molar-refractivity contribution is 7.99. The highest BCUT2D eigenvalue weighted by Crippen LogP contribution is 2.25. The summed E-state index contributed by atoms with van der Waals surface area (Å²) in [6.07, 6.45) is 0.642. The second kappa shape index (κ2) is 11.5. The Balaban J connectivity index is 1.53. The average Bonchev–Trinajstić information content (AvgIpc) is 3.26. The number of rotatable bonds is 10. The van der Waals surface area contributed by atoms with Crippen LogP contribution in [-0.4, -0.2) is 45.0 Å². The van der Waals surface area contributed by atoms with Gasteiger partial charge >= 0.3 is 0 Å². The van der Waals surface area contributed by atoms with Gasteiger partial charge in [0.2, 0.25) is 5.91 Å². The van der Waals surface area contributed by atoms with E-state index in [2.05, 4.69) is 22.3 Å². The lowest BCUT2D eigenvalue weighted by Gasteiger charge is -2.17. The summed E-state index contributed by atoms with van der Waals surface area (Å²) in [5.41, 5.74) is 3.19. The quantitative estimate of drug-likeness (QED) is 0.304. The number of carbonyl (C=O) groups excluding carboxylic acids is 1. The molecule has 0 aliphatic rings. The van der Waals surface area contributed by atoms with Crippen molar-refractivity contribution in [3.63, 3.8) is 0 Å². The Bertz CT molecular complexity index is 1190. The molecule has 0 bridgehead atoms. The van der Waals surface area contributed by atoms with E-state index in [-0.39, 0.29) is 11.7 Å². The van der Waals surface area contributed by atoms with E-state index in [1.54, 1.807) is 4.90 Å². The van der Waals surface area contributed by atoms with Gasteiger partial charge in [-0.15, -0.1) is 10.2 Å². The van der Waals surface area contributed by atoms with E-state index in [1.165, 1.54) is 11.8 Å². The molecule has 34 heavy (non-hydrogen) atoms. The van der Waals surface area contributed by atoms with Crippen molar-refractivity contribution in [2.24, 2.45) is 0 Å². The Morgan fingerprint density at radius 1 is 0.912 bits per heavy atom. The third-order valence-electron chi connectivity index (χ3n) is 5.32. The van der Waals surface area contributed by atoms with Crippen molar-refractivity contribution in [2.75, 3.05) is 19.4 Å². The molecule has 4 aromatic rings. The molecule has 0 saturated carbocycles. The van der Waals surface area contributed by atoms with E-state index in [1.807, 2.05) is 91.3 Å². The van der Waals surface area contributed by atoms with Gasteiger partial charge in [-0.1, -0.05) is 72.4 Å². The number of ether oxygens (including phenoxy) is 1. The Morgan fingerprint density at radius 2 is 1.56 bits per heavy atom. The Morgan fingerprint density at radius 3 is 2.21 bits per heavy atom. The van der Waals surface area contributed by atoms with Crippen LogP contribution in [0.3, 0.4) is 0 Å². The second-order valence-corrected chi connectivity index (χ2v) is 8.79. The van der Waals surface area contributed by atoms with Crippen molar-refractivity contribution < 1.29 is 9.53 Å². The molecular weight excluding hydrogens is 444 g/mol. The largest absolute Gasteiger partial charge is 0.494 e. The van der Waals surface area contributed by atoms with Crippen molar-refractivity contribution in [1.29, 1.82) is 0 Å². The van der Waals surface area contributed by atoms with E-state index in [9.17, 15) is 4.79 Å². The first-order valence-electron chi connectivity index (χ1n) is 11.3. The number of thioether (sulfide) groups is 1. The maximum Gasteiger partial charge on any atom is 0.233 e. The monoisotopic (exact) mass is 472 g/mol. The highest BCUT2D eigenvalue weighted by Gasteiger charge is 2.18. The third kappa shape index (κ3) is 6.05. The minimum atomic E-state index is 0.0414. The molecule has 3 aromatic carbocycles. The summed E-state index contributed by atoms with van der Waals surface area (Å²) in [4.78, 5) is 14.6. The first kappa shape index (κ1) is 23.6. The Kier molecular flexibility index (Phi) is 7.99. The standard InChI is InChI=1S/C27H28N4O2S/c1-3-33-24-16-14-23(15-17-24)31-25(18-21-10-6-4-7-11-21)28-29-27(31)34-20-26(32)30(2)19-22-12-8-5-9-13-22/h4-17H,3,18-20H2,1-2H3. The maximum atomic E-state index is 12.8. The van der Waals surface area contributed by atoms with Gasteiger partial charge in [0.05, 0.1) is 12.4 Å². The van der Waals surface area contributed by atoms with Crippen LogP contribution in [0.25, 0.3) is 5.69 Å². The van der Waals surface area contributed by atoms with Crippen LogP contribution in [0, 0.1) is 0 Å². The summed E-state index contributed by atoms with van der Waals surface area (Å²) < 4.78 is 7.62. The molecule has 1 heterocycles. The fraction of sp³-hybridized carbons (Fsp3) is 0.222. The van der Waals surface area contributed by atoms with Crippen LogP contribution in [0.5, 0.6) is 5.75 Å². The summed E-state index contributed by atoms with van der Waals surface area (Å²) in [5, 5.41) is 9.60. The molecular formula is C27H28N4O2S. The summed E-state index contributed by atoms with van der Waals surface area (Å²) in [6.45, 7) is 3.16. The van der Waals surface area contributed by atoms with Crippen LogP contribution in [0.2, 0.25) is 0 Å². The van der Waals surface area contributed by atoms with Crippen LogP contribution < -0.4 is 4.74 Å². The number of benzene rings is 3. The number of aromatic nitrogens is 3. The topological polar surface area (TPSA) is 60.2 Å². The molecule has 4 rings (SSSR count). The summed E-state index contributed by atoms with van der Waals surface area (Å²) in [7, 11) is 1.83. The lowest BCUT2D eigenvalue weighted by Crippen LogP contribution is -2.27. The van der Waals surface area contributed by atoms with Crippen molar-refractivity contribution in [3.05, 3.63) is 102 Å². The molecule has 0 aliphatic carbocycles. The van der Waals surface area contributed by atoms with Crippen LogP contribution in [0.15, 0.2) is 90.1 Å². The van der Waals surface area contributed by atoms with E-state index in [0.717, 1.165) is 28.4 Å². The molecule has 0 saturated heterocycles. The summed E-state index contributed by atoms with van der Waals surface area (Å²) in [6, 6.07) is 28.0. The number of nitrogens with zero attached hydrogens (tertiary/aromatic N) is 4. The predicted molar refractivity (Wildman–Crippen MR) is 135 cm³/mol. The van der Waals surface area contributed by atoms with Gasteiger partial charge < -0.3 is 9.64 Å². The zero-order chi connectivity index (χ0) is 23.8. The van der Waals surface area contributed by atoms with E-state index >= 15 is 0 Å². The Hall–Kier alpha value is -3.58. The van der Waals surface area contributed by atoms with Gasteiger partial charge in [0.15, 0.2) is 5.16 Å².